The fourth-order valence-corrected chi connectivity index (χ4v) is 2.79. The minimum atomic E-state index is -0.334. The summed E-state index contributed by atoms with van der Waals surface area (Å²) in [6.45, 7) is 4.61. The third-order valence-electron chi connectivity index (χ3n) is 3.83. The van der Waals surface area contributed by atoms with Crippen LogP contribution < -0.4 is 14.8 Å². The van der Waals surface area contributed by atoms with Crippen molar-refractivity contribution in [2.75, 3.05) is 11.9 Å². The minimum absolute atomic E-state index is 0.181. The summed E-state index contributed by atoms with van der Waals surface area (Å²) in [7, 11) is 0. The van der Waals surface area contributed by atoms with Gasteiger partial charge in [0.25, 0.3) is 5.91 Å². The zero-order valence-corrected chi connectivity index (χ0v) is 15.9. The number of carbonyl (C=O) groups is 1. The van der Waals surface area contributed by atoms with Gasteiger partial charge in [0.15, 0.2) is 5.76 Å². The van der Waals surface area contributed by atoms with Gasteiger partial charge in [0.1, 0.15) is 23.9 Å². The molecule has 3 rings (SSSR count). The molecule has 3 aromatic rings. The number of benzene rings is 2. The van der Waals surface area contributed by atoms with E-state index in [4.69, 9.17) is 25.5 Å². The zero-order chi connectivity index (χ0) is 19.2. The number of halogens is 1. The maximum atomic E-state index is 12.3. The van der Waals surface area contributed by atoms with E-state index in [-0.39, 0.29) is 18.3 Å². The Morgan fingerprint density at radius 2 is 1.85 bits per heavy atom. The molecule has 0 aliphatic heterocycles. The molecule has 0 bridgehead atoms. The first-order valence-electron chi connectivity index (χ1n) is 8.57. The molecule has 1 amide bonds. The number of aryl methyl sites for hydroxylation is 1. The van der Waals surface area contributed by atoms with Crippen molar-refractivity contribution in [3.8, 4) is 11.5 Å². The molecule has 0 radical (unpaired) electrons. The maximum Gasteiger partial charge on any atom is 0.291 e. The predicted molar refractivity (Wildman–Crippen MR) is 105 cm³/mol. The van der Waals surface area contributed by atoms with Gasteiger partial charge < -0.3 is 19.2 Å². The van der Waals surface area contributed by atoms with Crippen LogP contribution in [0.2, 0.25) is 5.02 Å². The molecule has 0 aliphatic rings. The van der Waals surface area contributed by atoms with Crippen molar-refractivity contribution in [1.82, 2.24) is 0 Å². The van der Waals surface area contributed by atoms with Crippen molar-refractivity contribution in [2.24, 2.45) is 0 Å². The van der Waals surface area contributed by atoms with Gasteiger partial charge in [-0.15, -0.1) is 0 Å². The van der Waals surface area contributed by atoms with Gasteiger partial charge in [-0.1, -0.05) is 23.7 Å². The number of carbonyl (C=O) groups excluding carboxylic acids is 1. The molecule has 6 heteroatoms. The Hall–Kier alpha value is -2.92. The molecule has 27 heavy (non-hydrogen) atoms. The highest BCUT2D eigenvalue weighted by Gasteiger charge is 2.13. The molecule has 140 valence electrons. The molecule has 0 saturated carbocycles. The van der Waals surface area contributed by atoms with E-state index in [1.165, 1.54) is 0 Å². The second kappa shape index (κ2) is 8.64. The fraction of sp³-hybridized carbons (Fsp3) is 0.190. The topological polar surface area (TPSA) is 60.7 Å². The van der Waals surface area contributed by atoms with Crippen LogP contribution >= 0.6 is 11.6 Å². The highest BCUT2D eigenvalue weighted by atomic mass is 35.5. The van der Waals surface area contributed by atoms with Crippen molar-refractivity contribution in [3.63, 3.8) is 0 Å². The Morgan fingerprint density at radius 1 is 1.07 bits per heavy atom. The zero-order valence-electron chi connectivity index (χ0n) is 15.1. The van der Waals surface area contributed by atoms with Crippen LogP contribution in [0.3, 0.4) is 0 Å². The van der Waals surface area contributed by atoms with E-state index in [9.17, 15) is 4.79 Å². The number of nitrogens with one attached hydrogen (secondary N) is 1. The standard InChI is InChI=1S/C21H20ClNO4/c1-3-25-16-9-7-15(8-10-16)23-21(24)19-12-11-17(27-19)13-26-20-14(2)5-4-6-18(20)22/h4-12H,3,13H2,1-2H3,(H,23,24). The summed E-state index contributed by atoms with van der Waals surface area (Å²) < 4.78 is 16.7. The van der Waals surface area contributed by atoms with E-state index in [0.29, 0.717) is 28.8 Å². The van der Waals surface area contributed by atoms with Crippen molar-refractivity contribution in [2.45, 2.75) is 20.5 Å². The lowest BCUT2D eigenvalue weighted by atomic mass is 10.2. The summed E-state index contributed by atoms with van der Waals surface area (Å²) in [5.74, 6) is 1.77. The van der Waals surface area contributed by atoms with Crippen LogP contribution in [-0.4, -0.2) is 12.5 Å². The lowest BCUT2D eigenvalue weighted by Gasteiger charge is -2.09. The molecule has 0 atom stereocenters. The largest absolute Gasteiger partial charge is 0.494 e. The molecule has 0 saturated heterocycles. The second-order valence-corrected chi connectivity index (χ2v) is 6.26. The highest BCUT2D eigenvalue weighted by Crippen LogP contribution is 2.28. The van der Waals surface area contributed by atoms with Crippen LogP contribution in [0.5, 0.6) is 11.5 Å². The Bertz CT molecular complexity index is 898. The molecule has 1 heterocycles. The van der Waals surface area contributed by atoms with Crippen molar-refractivity contribution < 1.29 is 18.7 Å². The first kappa shape index (κ1) is 18.9. The van der Waals surface area contributed by atoms with Gasteiger partial charge in [-0.3, -0.25) is 4.79 Å². The van der Waals surface area contributed by atoms with Crippen molar-refractivity contribution >= 4 is 23.2 Å². The average molecular weight is 386 g/mol. The number of furan rings is 1. The van der Waals surface area contributed by atoms with Crippen LogP contribution in [0.1, 0.15) is 28.8 Å². The van der Waals surface area contributed by atoms with Gasteiger partial charge in [0, 0.05) is 5.69 Å². The Morgan fingerprint density at radius 3 is 2.56 bits per heavy atom. The van der Waals surface area contributed by atoms with Gasteiger partial charge in [-0.05, 0) is 61.9 Å². The summed E-state index contributed by atoms with van der Waals surface area (Å²) >= 11 is 6.14. The number of para-hydroxylation sites is 1. The Kier molecular flexibility index (Phi) is 6.04. The minimum Gasteiger partial charge on any atom is -0.494 e. The molecule has 0 unspecified atom stereocenters. The smallest absolute Gasteiger partial charge is 0.291 e. The summed E-state index contributed by atoms with van der Waals surface area (Å²) in [4.78, 5) is 12.3. The van der Waals surface area contributed by atoms with Crippen LogP contribution in [-0.2, 0) is 6.61 Å². The van der Waals surface area contributed by atoms with Crippen molar-refractivity contribution in [3.05, 3.63) is 76.7 Å². The van der Waals surface area contributed by atoms with Gasteiger partial charge >= 0.3 is 0 Å². The molecule has 1 aromatic heterocycles. The van der Waals surface area contributed by atoms with Gasteiger partial charge in [-0.25, -0.2) is 0 Å². The molecule has 2 aromatic carbocycles. The highest BCUT2D eigenvalue weighted by molar-refractivity contribution is 6.32. The number of hydrogen-bond acceptors (Lipinski definition) is 4. The molecular weight excluding hydrogens is 366 g/mol. The number of amides is 1. The quantitative estimate of drug-likeness (QED) is 0.585. The van der Waals surface area contributed by atoms with Crippen LogP contribution in [0.25, 0.3) is 0 Å². The molecule has 0 aliphatic carbocycles. The number of rotatable bonds is 7. The number of hydrogen-bond donors (Lipinski definition) is 1. The monoisotopic (exact) mass is 385 g/mol. The summed E-state index contributed by atoms with van der Waals surface area (Å²) in [5.41, 5.74) is 1.59. The number of ether oxygens (including phenoxy) is 2. The molecule has 0 spiro atoms. The second-order valence-electron chi connectivity index (χ2n) is 5.85. The third-order valence-corrected chi connectivity index (χ3v) is 4.13. The van der Waals surface area contributed by atoms with E-state index in [0.717, 1.165) is 11.3 Å². The van der Waals surface area contributed by atoms with E-state index in [1.807, 2.05) is 26.0 Å². The summed E-state index contributed by atoms with van der Waals surface area (Å²) in [6.07, 6.45) is 0. The lowest BCUT2D eigenvalue weighted by molar-refractivity contribution is 0.0992. The fourth-order valence-electron chi connectivity index (χ4n) is 2.51. The maximum absolute atomic E-state index is 12.3. The molecule has 0 fully saturated rings. The molecular formula is C21H20ClNO4. The van der Waals surface area contributed by atoms with Crippen LogP contribution in [0.15, 0.2) is 59.0 Å². The van der Waals surface area contributed by atoms with E-state index < -0.39 is 0 Å². The average Bonchev–Trinajstić information content (AvgIpc) is 3.12. The lowest BCUT2D eigenvalue weighted by Crippen LogP contribution is -2.10. The Labute approximate surface area is 162 Å². The Balaban J connectivity index is 1.60. The first-order chi connectivity index (χ1) is 13.1. The predicted octanol–water partition coefficient (Wildman–Crippen LogP) is 5.47. The van der Waals surface area contributed by atoms with E-state index >= 15 is 0 Å². The third kappa shape index (κ3) is 4.83. The summed E-state index contributed by atoms with van der Waals surface area (Å²) in [5, 5.41) is 3.32. The molecule has 1 N–H and O–H groups in total. The van der Waals surface area contributed by atoms with Gasteiger partial charge in [0.2, 0.25) is 0 Å². The van der Waals surface area contributed by atoms with Gasteiger partial charge in [0.05, 0.1) is 11.6 Å². The normalized spacial score (nSPS) is 10.5. The number of anilines is 1. The first-order valence-corrected chi connectivity index (χ1v) is 8.95. The van der Waals surface area contributed by atoms with E-state index in [1.54, 1.807) is 42.5 Å². The van der Waals surface area contributed by atoms with E-state index in [2.05, 4.69) is 5.32 Å². The van der Waals surface area contributed by atoms with Gasteiger partial charge in [-0.2, -0.15) is 0 Å². The SMILES string of the molecule is CCOc1ccc(NC(=O)c2ccc(COc3c(C)cccc3Cl)o2)cc1. The van der Waals surface area contributed by atoms with Crippen LogP contribution in [0.4, 0.5) is 5.69 Å². The summed E-state index contributed by atoms with van der Waals surface area (Å²) in [6, 6.07) is 16.0. The van der Waals surface area contributed by atoms with Crippen molar-refractivity contribution in [1.29, 1.82) is 0 Å². The molecule has 5 nitrogen and oxygen atoms in total. The van der Waals surface area contributed by atoms with Crippen LogP contribution in [0, 0.1) is 6.92 Å².